The van der Waals surface area contributed by atoms with E-state index in [9.17, 15) is 5.11 Å². The van der Waals surface area contributed by atoms with Crippen LogP contribution in [0.2, 0.25) is 0 Å². The molecule has 1 aliphatic heterocycles. The SMILES string of the molecule is CNc1cc2c(cc1OC)[C@H](NCCC1=CC=CCC1)[C@@H](O)C(C)(C)O2. The third-order valence-corrected chi connectivity index (χ3v) is 5.25. The number of aliphatic hydroxyl groups is 1. The van der Waals surface area contributed by atoms with Crippen LogP contribution in [0.1, 0.15) is 44.7 Å². The molecule has 5 nitrogen and oxygen atoms in total. The molecule has 3 rings (SSSR count). The van der Waals surface area contributed by atoms with E-state index in [-0.39, 0.29) is 6.04 Å². The number of hydrogen-bond acceptors (Lipinski definition) is 5. The highest BCUT2D eigenvalue weighted by Gasteiger charge is 2.43. The highest BCUT2D eigenvalue weighted by molar-refractivity contribution is 5.63. The number of benzene rings is 1. The second kappa shape index (κ2) is 7.72. The molecule has 3 N–H and O–H groups in total. The fourth-order valence-electron chi connectivity index (χ4n) is 3.66. The minimum Gasteiger partial charge on any atom is -0.495 e. The van der Waals surface area contributed by atoms with Crippen LogP contribution in [0.3, 0.4) is 0 Å². The summed E-state index contributed by atoms with van der Waals surface area (Å²) < 4.78 is 11.6. The molecule has 1 aliphatic carbocycles. The summed E-state index contributed by atoms with van der Waals surface area (Å²) in [6.07, 6.45) is 9.09. The Labute approximate surface area is 156 Å². The molecule has 26 heavy (non-hydrogen) atoms. The Hall–Kier alpha value is -1.98. The molecule has 0 aromatic heterocycles. The van der Waals surface area contributed by atoms with E-state index in [0.717, 1.165) is 48.6 Å². The van der Waals surface area contributed by atoms with E-state index in [4.69, 9.17) is 9.47 Å². The zero-order chi connectivity index (χ0) is 18.7. The Kier molecular flexibility index (Phi) is 5.58. The smallest absolute Gasteiger partial charge is 0.142 e. The van der Waals surface area contributed by atoms with Gasteiger partial charge in [0, 0.05) is 18.7 Å². The van der Waals surface area contributed by atoms with E-state index < -0.39 is 11.7 Å². The van der Waals surface area contributed by atoms with Gasteiger partial charge in [0.25, 0.3) is 0 Å². The molecule has 5 heteroatoms. The Morgan fingerprint density at radius 3 is 2.81 bits per heavy atom. The predicted molar refractivity (Wildman–Crippen MR) is 105 cm³/mol. The van der Waals surface area contributed by atoms with E-state index in [1.54, 1.807) is 7.11 Å². The van der Waals surface area contributed by atoms with Gasteiger partial charge in [-0.25, -0.2) is 0 Å². The molecule has 142 valence electrons. The van der Waals surface area contributed by atoms with Gasteiger partial charge in [0.05, 0.1) is 18.8 Å². The second-order valence-electron chi connectivity index (χ2n) is 7.46. The molecular formula is C21H30N2O3. The third-order valence-electron chi connectivity index (χ3n) is 5.25. The lowest BCUT2D eigenvalue weighted by Gasteiger charge is -2.42. The van der Waals surface area contributed by atoms with Crippen molar-refractivity contribution in [1.82, 2.24) is 5.32 Å². The molecule has 2 aliphatic rings. The van der Waals surface area contributed by atoms with Crippen LogP contribution in [0.5, 0.6) is 11.5 Å². The van der Waals surface area contributed by atoms with Crippen molar-refractivity contribution in [3.63, 3.8) is 0 Å². The molecule has 0 saturated heterocycles. The lowest BCUT2D eigenvalue weighted by Crippen LogP contribution is -2.52. The van der Waals surface area contributed by atoms with Gasteiger partial charge in [0.2, 0.25) is 0 Å². The summed E-state index contributed by atoms with van der Waals surface area (Å²) >= 11 is 0. The van der Waals surface area contributed by atoms with E-state index in [2.05, 4.69) is 28.9 Å². The molecule has 0 amide bonds. The maximum atomic E-state index is 10.9. The van der Waals surface area contributed by atoms with Crippen molar-refractivity contribution in [2.24, 2.45) is 0 Å². The number of aliphatic hydroxyl groups excluding tert-OH is 1. The molecule has 0 spiro atoms. The number of nitrogens with one attached hydrogen (secondary N) is 2. The third kappa shape index (κ3) is 3.74. The minimum absolute atomic E-state index is 0.201. The normalized spacial score (nSPS) is 23.7. The standard InChI is InChI=1S/C21H30N2O3/c1-21(2)20(24)19(23-11-10-14-8-6-5-7-9-14)15-12-18(25-4)16(22-3)13-17(15)26-21/h5-6,8,12-13,19-20,22-24H,7,9-11H2,1-4H3/t19-,20+/m0/s1. The lowest BCUT2D eigenvalue weighted by molar-refractivity contribution is -0.0644. The van der Waals surface area contributed by atoms with Crippen molar-refractivity contribution in [3.05, 3.63) is 41.5 Å². The van der Waals surface area contributed by atoms with Gasteiger partial charge in [-0.15, -0.1) is 0 Å². The summed E-state index contributed by atoms with van der Waals surface area (Å²) in [5, 5.41) is 17.6. The van der Waals surface area contributed by atoms with Crippen LogP contribution in [0.4, 0.5) is 5.69 Å². The summed E-state index contributed by atoms with van der Waals surface area (Å²) in [6, 6.07) is 3.71. The zero-order valence-corrected chi connectivity index (χ0v) is 16.1. The number of allylic oxidation sites excluding steroid dienone is 3. The topological polar surface area (TPSA) is 62.8 Å². The van der Waals surface area contributed by atoms with Gasteiger partial charge in [-0.3, -0.25) is 0 Å². The monoisotopic (exact) mass is 358 g/mol. The van der Waals surface area contributed by atoms with E-state index in [0.29, 0.717) is 0 Å². The Bertz CT molecular complexity index is 709. The molecule has 0 bridgehead atoms. The van der Waals surface area contributed by atoms with E-state index >= 15 is 0 Å². The highest BCUT2D eigenvalue weighted by atomic mass is 16.5. The fourth-order valence-corrected chi connectivity index (χ4v) is 3.66. The molecule has 0 unspecified atom stereocenters. The van der Waals surface area contributed by atoms with Gasteiger partial charge in [-0.2, -0.15) is 0 Å². The van der Waals surface area contributed by atoms with Crippen molar-refractivity contribution in [2.45, 2.75) is 50.9 Å². The van der Waals surface area contributed by atoms with Crippen LogP contribution in [0.15, 0.2) is 35.9 Å². The van der Waals surface area contributed by atoms with Crippen LogP contribution in [0, 0.1) is 0 Å². The summed E-state index contributed by atoms with van der Waals surface area (Å²) in [4.78, 5) is 0. The van der Waals surface area contributed by atoms with Crippen LogP contribution in [0.25, 0.3) is 0 Å². The van der Waals surface area contributed by atoms with Crippen molar-refractivity contribution in [3.8, 4) is 11.5 Å². The molecular weight excluding hydrogens is 328 g/mol. The van der Waals surface area contributed by atoms with Gasteiger partial charge >= 0.3 is 0 Å². The van der Waals surface area contributed by atoms with Gasteiger partial charge in [0.15, 0.2) is 0 Å². The molecule has 1 heterocycles. The highest BCUT2D eigenvalue weighted by Crippen LogP contribution is 2.44. The minimum atomic E-state index is -0.670. The quantitative estimate of drug-likeness (QED) is 0.726. The average molecular weight is 358 g/mol. The van der Waals surface area contributed by atoms with E-state index in [1.165, 1.54) is 5.57 Å². The van der Waals surface area contributed by atoms with Gasteiger partial charge in [-0.1, -0.05) is 23.8 Å². The number of ether oxygens (including phenoxy) is 2. The van der Waals surface area contributed by atoms with Crippen molar-refractivity contribution >= 4 is 5.69 Å². The maximum Gasteiger partial charge on any atom is 0.142 e. The Morgan fingerprint density at radius 1 is 1.35 bits per heavy atom. The van der Waals surface area contributed by atoms with E-state index in [1.807, 2.05) is 33.0 Å². The average Bonchev–Trinajstić information content (AvgIpc) is 2.64. The molecule has 0 fully saturated rings. The first-order chi connectivity index (χ1) is 12.5. The van der Waals surface area contributed by atoms with Gasteiger partial charge in [0.1, 0.15) is 23.2 Å². The number of anilines is 1. The molecule has 2 atom stereocenters. The van der Waals surface area contributed by atoms with Gasteiger partial charge in [-0.05, 0) is 45.7 Å². The molecule has 0 saturated carbocycles. The number of methoxy groups -OCH3 is 1. The second-order valence-corrected chi connectivity index (χ2v) is 7.46. The van der Waals surface area contributed by atoms with Crippen LogP contribution >= 0.6 is 0 Å². The summed E-state index contributed by atoms with van der Waals surface area (Å²) in [5.74, 6) is 1.52. The zero-order valence-electron chi connectivity index (χ0n) is 16.1. The summed E-state index contributed by atoms with van der Waals surface area (Å²) in [6.45, 7) is 4.66. The largest absolute Gasteiger partial charge is 0.495 e. The van der Waals surface area contributed by atoms with Crippen molar-refractivity contribution < 1.29 is 14.6 Å². The summed E-state index contributed by atoms with van der Waals surface area (Å²) in [5.41, 5.74) is 2.59. The number of rotatable bonds is 6. The number of hydrogen-bond donors (Lipinski definition) is 3. The first-order valence-electron chi connectivity index (χ1n) is 9.31. The van der Waals surface area contributed by atoms with Crippen LogP contribution < -0.4 is 20.1 Å². The lowest BCUT2D eigenvalue weighted by atomic mass is 9.86. The van der Waals surface area contributed by atoms with Gasteiger partial charge < -0.3 is 25.2 Å². The summed E-state index contributed by atoms with van der Waals surface area (Å²) in [7, 11) is 3.51. The Morgan fingerprint density at radius 2 is 2.15 bits per heavy atom. The Balaban J connectivity index is 1.83. The number of fused-ring (bicyclic) bond motifs is 1. The maximum absolute atomic E-state index is 10.9. The first kappa shape index (κ1) is 18.8. The molecule has 0 radical (unpaired) electrons. The van der Waals surface area contributed by atoms with Crippen LogP contribution in [-0.2, 0) is 0 Å². The predicted octanol–water partition coefficient (Wildman–Crippen LogP) is 3.57. The molecule has 1 aromatic carbocycles. The van der Waals surface area contributed by atoms with Crippen LogP contribution in [-0.4, -0.2) is 37.5 Å². The van der Waals surface area contributed by atoms with Crippen molar-refractivity contribution in [2.75, 3.05) is 26.0 Å². The molecule has 1 aromatic rings. The van der Waals surface area contributed by atoms with Crippen molar-refractivity contribution in [1.29, 1.82) is 0 Å². The fraction of sp³-hybridized carbons (Fsp3) is 0.524. The first-order valence-corrected chi connectivity index (χ1v) is 9.31.